The normalized spacial score (nSPS) is 17.7. The summed E-state index contributed by atoms with van der Waals surface area (Å²) in [4.78, 5) is 20.7. The van der Waals surface area contributed by atoms with E-state index >= 15 is 0 Å². The molecule has 1 aromatic carbocycles. The van der Waals surface area contributed by atoms with E-state index in [9.17, 15) is 4.79 Å². The molecule has 1 atom stereocenters. The van der Waals surface area contributed by atoms with Gasteiger partial charge in [0.05, 0.1) is 0 Å². The van der Waals surface area contributed by atoms with Gasteiger partial charge in [-0.1, -0.05) is 36.4 Å². The van der Waals surface area contributed by atoms with Gasteiger partial charge in [-0.05, 0) is 12.1 Å². The monoisotopic (exact) mass is 251 g/mol. The van der Waals surface area contributed by atoms with Crippen LogP contribution in [0, 0.1) is 0 Å². The molecule has 0 radical (unpaired) electrons. The zero-order chi connectivity index (χ0) is 13.1. The minimum absolute atomic E-state index is 0.0426. The van der Waals surface area contributed by atoms with E-state index in [1.54, 1.807) is 18.3 Å². The molecule has 2 aromatic rings. The van der Waals surface area contributed by atoms with Crippen molar-refractivity contribution in [2.24, 2.45) is 4.99 Å². The van der Waals surface area contributed by atoms with Crippen LogP contribution in [0.1, 0.15) is 16.1 Å². The maximum Gasteiger partial charge on any atom is 0.207 e. The van der Waals surface area contributed by atoms with Crippen molar-refractivity contribution in [2.75, 3.05) is 6.54 Å². The van der Waals surface area contributed by atoms with Gasteiger partial charge in [0.15, 0.2) is 0 Å². The molecule has 2 heterocycles. The molecule has 1 aromatic heterocycles. The number of carbonyl (C=O) groups excluding carboxylic acids is 1. The Bertz CT molecular complexity index is 608. The van der Waals surface area contributed by atoms with Crippen LogP contribution in [0.15, 0.2) is 59.7 Å². The number of aliphatic imine (C=N–C) groups is 1. The second kappa shape index (κ2) is 5.02. The highest BCUT2D eigenvalue weighted by Crippen LogP contribution is 2.10. The van der Waals surface area contributed by atoms with Crippen molar-refractivity contribution in [2.45, 2.75) is 6.04 Å². The van der Waals surface area contributed by atoms with Gasteiger partial charge in [-0.25, -0.2) is 0 Å². The first-order valence-electron chi connectivity index (χ1n) is 6.17. The van der Waals surface area contributed by atoms with Crippen LogP contribution in [0.3, 0.4) is 0 Å². The second-order valence-corrected chi connectivity index (χ2v) is 4.32. The predicted molar refractivity (Wildman–Crippen MR) is 73.3 cm³/mol. The summed E-state index contributed by atoms with van der Waals surface area (Å²) < 4.78 is 0. The SMILES string of the molecule is O=C(c1ccccn1)C1CNC(c2ccccc2)=N1. The van der Waals surface area contributed by atoms with Crippen LogP contribution in [0.5, 0.6) is 0 Å². The number of aromatic nitrogens is 1. The summed E-state index contributed by atoms with van der Waals surface area (Å²) >= 11 is 0. The lowest BCUT2D eigenvalue weighted by molar-refractivity contribution is 0.0962. The molecule has 1 unspecified atom stereocenters. The maximum atomic E-state index is 12.2. The first-order valence-corrected chi connectivity index (χ1v) is 6.17. The van der Waals surface area contributed by atoms with Crippen molar-refractivity contribution in [3.63, 3.8) is 0 Å². The summed E-state index contributed by atoms with van der Waals surface area (Å²) in [6.07, 6.45) is 1.62. The van der Waals surface area contributed by atoms with E-state index < -0.39 is 0 Å². The Morgan fingerprint density at radius 2 is 1.89 bits per heavy atom. The van der Waals surface area contributed by atoms with Gasteiger partial charge in [0.25, 0.3) is 0 Å². The summed E-state index contributed by atoms with van der Waals surface area (Å²) in [5.41, 5.74) is 1.46. The van der Waals surface area contributed by atoms with Crippen LogP contribution in [0.2, 0.25) is 0 Å². The van der Waals surface area contributed by atoms with Crippen molar-refractivity contribution in [1.29, 1.82) is 0 Å². The molecule has 94 valence electrons. The van der Waals surface area contributed by atoms with E-state index in [0.29, 0.717) is 12.2 Å². The number of nitrogens with zero attached hydrogens (tertiary/aromatic N) is 2. The van der Waals surface area contributed by atoms with Gasteiger partial charge in [-0.3, -0.25) is 14.8 Å². The van der Waals surface area contributed by atoms with Gasteiger partial charge in [-0.15, -0.1) is 0 Å². The molecule has 0 fully saturated rings. The van der Waals surface area contributed by atoms with Crippen molar-refractivity contribution < 1.29 is 4.79 Å². The molecule has 0 spiro atoms. The number of ketones is 1. The van der Waals surface area contributed by atoms with E-state index in [-0.39, 0.29) is 11.8 Å². The summed E-state index contributed by atoms with van der Waals surface area (Å²) in [5.74, 6) is 0.730. The summed E-state index contributed by atoms with van der Waals surface area (Å²) in [6.45, 7) is 0.527. The lowest BCUT2D eigenvalue weighted by Gasteiger charge is -2.03. The summed E-state index contributed by atoms with van der Waals surface area (Å²) in [6, 6.07) is 14.7. The van der Waals surface area contributed by atoms with Gasteiger partial charge in [0, 0.05) is 18.3 Å². The number of carbonyl (C=O) groups is 1. The highest BCUT2D eigenvalue weighted by molar-refractivity contribution is 6.06. The molecule has 19 heavy (non-hydrogen) atoms. The molecule has 0 aliphatic carbocycles. The Labute approximate surface area is 111 Å². The molecule has 1 aliphatic heterocycles. The molecule has 3 rings (SSSR count). The van der Waals surface area contributed by atoms with Gasteiger partial charge in [-0.2, -0.15) is 0 Å². The van der Waals surface area contributed by atoms with Gasteiger partial charge < -0.3 is 5.32 Å². The molecule has 0 amide bonds. The predicted octanol–water partition coefficient (Wildman–Crippen LogP) is 1.68. The number of pyridine rings is 1. The Morgan fingerprint density at radius 1 is 1.11 bits per heavy atom. The van der Waals surface area contributed by atoms with Crippen molar-refractivity contribution in [1.82, 2.24) is 10.3 Å². The first-order chi connectivity index (χ1) is 9.34. The van der Waals surface area contributed by atoms with E-state index in [2.05, 4.69) is 15.3 Å². The molecule has 0 saturated heterocycles. The zero-order valence-corrected chi connectivity index (χ0v) is 10.3. The van der Waals surface area contributed by atoms with Crippen LogP contribution >= 0.6 is 0 Å². The summed E-state index contributed by atoms with van der Waals surface area (Å²) in [7, 11) is 0. The standard InChI is InChI=1S/C15H13N3O/c19-14(12-8-4-5-9-16-12)13-10-17-15(18-13)11-6-2-1-3-7-11/h1-9,13H,10H2,(H,17,18). The number of nitrogens with one attached hydrogen (secondary N) is 1. The minimum Gasteiger partial charge on any atom is -0.367 e. The quantitative estimate of drug-likeness (QED) is 0.844. The van der Waals surface area contributed by atoms with Crippen molar-refractivity contribution >= 4 is 11.6 Å². The minimum atomic E-state index is -0.384. The van der Waals surface area contributed by atoms with Crippen LogP contribution in [0.25, 0.3) is 0 Å². The fourth-order valence-electron chi connectivity index (χ4n) is 2.04. The number of hydrogen-bond donors (Lipinski definition) is 1. The summed E-state index contributed by atoms with van der Waals surface area (Å²) in [5, 5.41) is 3.18. The van der Waals surface area contributed by atoms with Crippen LogP contribution in [-0.4, -0.2) is 29.2 Å². The number of rotatable bonds is 3. The Balaban J connectivity index is 1.82. The van der Waals surface area contributed by atoms with E-state index in [0.717, 1.165) is 11.4 Å². The molecule has 4 nitrogen and oxygen atoms in total. The molecular formula is C15H13N3O. The molecule has 0 bridgehead atoms. The van der Waals surface area contributed by atoms with E-state index in [1.165, 1.54) is 0 Å². The maximum absolute atomic E-state index is 12.2. The van der Waals surface area contributed by atoms with E-state index in [1.807, 2.05) is 36.4 Å². The van der Waals surface area contributed by atoms with Crippen LogP contribution < -0.4 is 5.32 Å². The fourth-order valence-corrected chi connectivity index (χ4v) is 2.04. The molecule has 1 aliphatic rings. The average molecular weight is 251 g/mol. The lowest BCUT2D eigenvalue weighted by Crippen LogP contribution is -2.26. The topological polar surface area (TPSA) is 54.4 Å². The highest BCUT2D eigenvalue weighted by Gasteiger charge is 2.26. The Kier molecular flexibility index (Phi) is 3.06. The van der Waals surface area contributed by atoms with Gasteiger partial charge in [0.1, 0.15) is 17.6 Å². The number of amidine groups is 1. The third kappa shape index (κ3) is 2.38. The van der Waals surface area contributed by atoms with Crippen molar-refractivity contribution in [3.05, 3.63) is 66.0 Å². The second-order valence-electron chi connectivity index (χ2n) is 4.32. The molecular weight excluding hydrogens is 238 g/mol. The van der Waals surface area contributed by atoms with Crippen molar-refractivity contribution in [3.8, 4) is 0 Å². The van der Waals surface area contributed by atoms with Gasteiger partial charge in [0.2, 0.25) is 5.78 Å². The molecule has 4 heteroatoms. The molecule has 1 N–H and O–H groups in total. The average Bonchev–Trinajstić information content (AvgIpc) is 2.98. The Hall–Kier alpha value is -2.49. The van der Waals surface area contributed by atoms with Crippen LogP contribution in [0.4, 0.5) is 0 Å². The van der Waals surface area contributed by atoms with Gasteiger partial charge >= 0.3 is 0 Å². The number of Topliss-reactive ketones (excluding diaryl/α,β-unsaturated/α-hetero) is 1. The van der Waals surface area contributed by atoms with Crippen LogP contribution in [-0.2, 0) is 0 Å². The smallest absolute Gasteiger partial charge is 0.207 e. The van der Waals surface area contributed by atoms with E-state index in [4.69, 9.17) is 0 Å². The Morgan fingerprint density at radius 3 is 2.63 bits per heavy atom. The number of benzene rings is 1. The third-order valence-corrected chi connectivity index (χ3v) is 3.02. The first kappa shape index (κ1) is 11.6. The highest BCUT2D eigenvalue weighted by atomic mass is 16.1. The fraction of sp³-hybridized carbons (Fsp3) is 0.133. The third-order valence-electron chi connectivity index (χ3n) is 3.02. The lowest BCUT2D eigenvalue weighted by atomic mass is 10.1. The number of hydrogen-bond acceptors (Lipinski definition) is 4. The molecule has 0 saturated carbocycles. The largest absolute Gasteiger partial charge is 0.367 e. The zero-order valence-electron chi connectivity index (χ0n) is 10.3.